The van der Waals surface area contributed by atoms with Gasteiger partial charge in [0.1, 0.15) is 5.82 Å². The van der Waals surface area contributed by atoms with Crippen molar-refractivity contribution in [1.29, 1.82) is 0 Å². The second-order valence-corrected chi connectivity index (χ2v) is 5.04. The quantitative estimate of drug-likeness (QED) is 0.740. The molecule has 0 spiro atoms. The minimum Gasteiger partial charge on any atom is -0.478 e. The Morgan fingerprint density at radius 3 is 2.52 bits per heavy atom. The number of hydrogen-bond acceptors (Lipinski definition) is 3. The molecule has 0 aromatic heterocycles. The highest BCUT2D eigenvalue weighted by Crippen LogP contribution is 2.21. The fourth-order valence-corrected chi connectivity index (χ4v) is 2.02. The van der Waals surface area contributed by atoms with E-state index in [-0.39, 0.29) is 5.69 Å². The van der Waals surface area contributed by atoms with E-state index < -0.39 is 23.3 Å². The lowest BCUT2D eigenvalue weighted by molar-refractivity contribution is 0.0691. The highest BCUT2D eigenvalue weighted by molar-refractivity contribution is 9.10. The molecule has 1 amide bonds. The van der Waals surface area contributed by atoms with Crippen LogP contribution in [0, 0.1) is 5.82 Å². The molecule has 2 rings (SSSR count). The second-order valence-electron chi connectivity index (χ2n) is 4.19. The smallest absolute Gasteiger partial charge is 0.338 e. The number of carbonyl (C=O) groups excluding carboxylic acids is 1. The number of nitrogens with two attached hydrogens (primary N) is 1. The summed E-state index contributed by atoms with van der Waals surface area (Å²) in [6.07, 6.45) is 0. The Kier molecular flexibility index (Phi) is 4.23. The third kappa shape index (κ3) is 3.38. The molecule has 108 valence electrons. The van der Waals surface area contributed by atoms with E-state index in [1.165, 1.54) is 18.2 Å². The second kappa shape index (κ2) is 5.92. The van der Waals surface area contributed by atoms with Crippen molar-refractivity contribution in [1.82, 2.24) is 0 Å². The van der Waals surface area contributed by atoms with Gasteiger partial charge in [0.25, 0.3) is 5.91 Å². The van der Waals surface area contributed by atoms with Crippen LogP contribution in [0.4, 0.5) is 15.8 Å². The zero-order valence-corrected chi connectivity index (χ0v) is 12.1. The van der Waals surface area contributed by atoms with Gasteiger partial charge in [-0.1, -0.05) is 0 Å². The minimum atomic E-state index is -1.40. The Morgan fingerprint density at radius 2 is 1.90 bits per heavy atom. The van der Waals surface area contributed by atoms with Crippen LogP contribution in [0.5, 0.6) is 0 Å². The van der Waals surface area contributed by atoms with Gasteiger partial charge in [-0.3, -0.25) is 4.79 Å². The van der Waals surface area contributed by atoms with Crippen molar-refractivity contribution in [3.05, 3.63) is 57.8 Å². The first-order valence-electron chi connectivity index (χ1n) is 5.77. The summed E-state index contributed by atoms with van der Waals surface area (Å²) in [6, 6.07) is 7.95. The molecule has 2 aromatic carbocycles. The van der Waals surface area contributed by atoms with Crippen molar-refractivity contribution in [2.75, 3.05) is 11.1 Å². The molecule has 0 unspecified atom stereocenters. The standard InChI is InChI=1S/C14H10BrFN2O3/c15-10-5-7(1-4-12(10)17)13(19)18-8-2-3-11(16)9(6-8)14(20)21/h1-6H,17H2,(H,18,19)(H,20,21). The average Bonchev–Trinajstić information content (AvgIpc) is 2.43. The molecule has 0 aliphatic heterocycles. The first kappa shape index (κ1) is 15.0. The summed E-state index contributed by atoms with van der Waals surface area (Å²) in [6.45, 7) is 0. The number of rotatable bonds is 3. The predicted octanol–water partition coefficient (Wildman–Crippen LogP) is 3.12. The number of carboxylic acids is 1. The molecule has 0 atom stereocenters. The number of anilines is 2. The Hall–Kier alpha value is -2.41. The molecule has 0 fully saturated rings. The van der Waals surface area contributed by atoms with Crippen molar-refractivity contribution in [2.45, 2.75) is 0 Å². The zero-order valence-electron chi connectivity index (χ0n) is 10.6. The third-order valence-corrected chi connectivity index (χ3v) is 3.40. The van der Waals surface area contributed by atoms with Gasteiger partial charge in [-0.25, -0.2) is 9.18 Å². The summed E-state index contributed by atoms with van der Waals surface area (Å²) < 4.78 is 13.8. The molecular weight excluding hydrogens is 343 g/mol. The highest BCUT2D eigenvalue weighted by atomic mass is 79.9. The SMILES string of the molecule is Nc1ccc(C(=O)Nc2ccc(F)c(C(=O)O)c2)cc1Br. The van der Waals surface area contributed by atoms with E-state index in [0.717, 1.165) is 12.1 Å². The number of carbonyl (C=O) groups is 2. The van der Waals surface area contributed by atoms with E-state index in [9.17, 15) is 14.0 Å². The van der Waals surface area contributed by atoms with Crippen LogP contribution in [-0.4, -0.2) is 17.0 Å². The van der Waals surface area contributed by atoms with Crippen LogP contribution in [0.3, 0.4) is 0 Å². The lowest BCUT2D eigenvalue weighted by atomic mass is 10.1. The first-order valence-corrected chi connectivity index (χ1v) is 6.57. The summed E-state index contributed by atoms with van der Waals surface area (Å²) in [7, 11) is 0. The van der Waals surface area contributed by atoms with Gasteiger partial charge in [-0.2, -0.15) is 0 Å². The summed E-state index contributed by atoms with van der Waals surface area (Å²) in [5, 5.41) is 11.3. The maximum Gasteiger partial charge on any atom is 0.338 e. The van der Waals surface area contributed by atoms with E-state index in [1.54, 1.807) is 6.07 Å². The number of amides is 1. The van der Waals surface area contributed by atoms with E-state index in [0.29, 0.717) is 15.7 Å². The lowest BCUT2D eigenvalue weighted by Gasteiger charge is -2.08. The van der Waals surface area contributed by atoms with Crippen LogP contribution in [-0.2, 0) is 0 Å². The van der Waals surface area contributed by atoms with Crippen LogP contribution in [0.15, 0.2) is 40.9 Å². The number of halogens is 2. The first-order chi connectivity index (χ1) is 9.88. The van der Waals surface area contributed by atoms with Gasteiger partial charge in [0, 0.05) is 21.4 Å². The van der Waals surface area contributed by atoms with E-state index in [2.05, 4.69) is 21.2 Å². The maximum absolute atomic E-state index is 13.3. The van der Waals surface area contributed by atoms with Gasteiger partial charge >= 0.3 is 5.97 Å². The van der Waals surface area contributed by atoms with Crippen LogP contribution in [0.2, 0.25) is 0 Å². The molecule has 0 radical (unpaired) electrons. The number of aromatic carboxylic acids is 1. The number of nitrogen functional groups attached to an aromatic ring is 1. The van der Waals surface area contributed by atoms with Gasteiger partial charge in [0.05, 0.1) is 5.56 Å². The van der Waals surface area contributed by atoms with E-state index >= 15 is 0 Å². The van der Waals surface area contributed by atoms with Crippen LogP contribution >= 0.6 is 15.9 Å². The van der Waals surface area contributed by atoms with Crippen molar-refractivity contribution >= 4 is 39.2 Å². The number of carboxylic acid groups (broad SMARTS) is 1. The molecule has 0 aliphatic carbocycles. The van der Waals surface area contributed by atoms with E-state index in [4.69, 9.17) is 10.8 Å². The van der Waals surface area contributed by atoms with Gasteiger partial charge in [-0.15, -0.1) is 0 Å². The highest BCUT2D eigenvalue weighted by Gasteiger charge is 2.13. The molecule has 7 heteroatoms. The fourth-order valence-electron chi connectivity index (χ4n) is 1.64. The summed E-state index contributed by atoms with van der Waals surface area (Å²) in [5.74, 6) is -2.73. The lowest BCUT2D eigenvalue weighted by Crippen LogP contribution is -2.13. The molecule has 2 aromatic rings. The normalized spacial score (nSPS) is 10.2. The number of nitrogens with one attached hydrogen (secondary N) is 1. The zero-order chi connectivity index (χ0) is 15.6. The Bertz CT molecular complexity index is 734. The summed E-state index contributed by atoms with van der Waals surface area (Å²) >= 11 is 3.21. The van der Waals surface area contributed by atoms with Gasteiger partial charge in [0.15, 0.2) is 0 Å². The van der Waals surface area contributed by atoms with Crippen molar-refractivity contribution in [3.8, 4) is 0 Å². The Balaban J connectivity index is 2.25. The Labute approximate surface area is 127 Å². The van der Waals surface area contributed by atoms with Crippen LogP contribution in [0.25, 0.3) is 0 Å². The predicted molar refractivity (Wildman–Crippen MR) is 79.9 cm³/mol. The molecule has 0 heterocycles. The molecule has 21 heavy (non-hydrogen) atoms. The van der Waals surface area contributed by atoms with Gasteiger partial charge in [-0.05, 0) is 52.3 Å². The molecular formula is C14H10BrFN2O3. The largest absolute Gasteiger partial charge is 0.478 e. The van der Waals surface area contributed by atoms with Crippen molar-refractivity contribution < 1.29 is 19.1 Å². The fraction of sp³-hybridized carbons (Fsp3) is 0. The van der Waals surface area contributed by atoms with Crippen molar-refractivity contribution in [2.24, 2.45) is 0 Å². The van der Waals surface area contributed by atoms with Crippen LogP contribution < -0.4 is 11.1 Å². The monoisotopic (exact) mass is 352 g/mol. The topological polar surface area (TPSA) is 92.4 Å². The average molecular weight is 353 g/mol. The van der Waals surface area contributed by atoms with E-state index in [1.807, 2.05) is 0 Å². The van der Waals surface area contributed by atoms with Crippen molar-refractivity contribution in [3.63, 3.8) is 0 Å². The molecule has 0 aliphatic rings. The number of benzene rings is 2. The molecule has 5 nitrogen and oxygen atoms in total. The van der Waals surface area contributed by atoms with Crippen LogP contribution in [0.1, 0.15) is 20.7 Å². The molecule has 0 saturated heterocycles. The summed E-state index contributed by atoms with van der Waals surface area (Å²) in [5.41, 5.74) is 6.12. The third-order valence-electron chi connectivity index (χ3n) is 2.72. The summed E-state index contributed by atoms with van der Waals surface area (Å²) in [4.78, 5) is 22.9. The maximum atomic E-state index is 13.3. The van der Waals surface area contributed by atoms with Gasteiger partial charge < -0.3 is 16.2 Å². The molecule has 0 saturated carbocycles. The van der Waals surface area contributed by atoms with Gasteiger partial charge in [0.2, 0.25) is 0 Å². The minimum absolute atomic E-state index is 0.187. The molecule has 0 bridgehead atoms. The Morgan fingerprint density at radius 1 is 1.19 bits per heavy atom. The molecule has 4 N–H and O–H groups in total. The number of hydrogen-bond donors (Lipinski definition) is 3.